The average molecular weight is 429 g/mol. The molecule has 1 aromatic carbocycles. The lowest BCUT2D eigenvalue weighted by Crippen LogP contribution is -2.44. The molecule has 1 aliphatic rings. The fraction of sp³-hybridized carbons (Fsp3) is 0.450. The van der Waals surface area contributed by atoms with Crippen molar-refractivity contribution in [1.29, 1.82) is 0 Å². The van der Waals surface area contributed by atoms with Gasteiger partial charge in [-0.1, -0.05) is 28.8 Å². The number of carbonyl (C=O) groups is 1. The maximum Gasteiger partial charge on any atom is 0.318 e. The summed E-state index contributed by atoms with van der Waals surface area (Å²) in [6.45, 7) is 5.33. The second-order valence-electron chi connectivity index (χ2n) is 7.43. The van der Waals surface area contributed by atoms with Crippen LogP contribution in [0.4, 0.5) is 10.7 Å². The Morgan fingerprint density at radius 1 is 1.37 bits per heavy atom. The second-order valence-corrected chi connectivity index (χ2v) is 7.87. The van der Waals surface area contributed by atoms with Crippen LogP contribution in [0.1, 0.15) is 43.1 Å². The average Bonchev–Trinajstić information content (AvgIpc) is 2.72. The van der Waals surface area contributed by atoms with Gasteiger partial charge in [0.25, 0.3) is 0 Å². The van der Waals surface area contributed by atoms with Gasteiger partial charge in [-0.3, -0.25) is 0 Å². The van der Waals surface area contributed by atoms with Gasteiger partial charge in [0.05, 0.1) is 18.3 Å². The zero-order valence-electron chi connectivity index (χ0n) is 17.0. The number of halogens is 1. The molecule has 2 N–H and O–H groups in total. The number of hydrogen-bond acceptors (Lipinski definition) is 5. The molecule has 0 aliphatic carbocycles. The minimum atomic E-state index is -0.287. The summed E-state index contributed by atoms with van der Waals surface area (Å²) in [5, 5.41) is 10.5. The van der Waals surface area contributed by atoms with Crippen molar-refractivity contribution in [3.8, 4) is 0 Å². The molecule has 158 valence electrons. The van der Waals surface area contributed by atoms with Gasteiger partial charge in [0.1, 0.15) is 0 Å². The van der Waals surface area contributed by atoms with Crippen molar-refractivity contribution >= 4 is 23.6 Å². The minimum absolute atomic E-state index is 0.182. The highest BCUT2D eigenvalue weighted by Crippen LogP contribution is 2.22. The summed E-state index contributed by atoms with van der Waals surface area (Å²) < 4.78 is 0. The van der Waals surface area contributed by atoms with Crippen molar-refractivity contribution in [3.05, 3.63) is 62.7 Å². The summed E-state index contributed by atoms with van der Waals surface area (Å²) in [5.41, 5.74) is 11.4. The van der Waals surface area contributed by atoms with Gasteiger partial charge in [-0.05, 0) is 55.5 Å². The van der Waals surface area contributed by atoms with E-state index in [4.69, 9.17) is 17.1 Å². The predicted molar refractivity (Wildman–Crippen MR) is 116 cm³/mol. The highest BCUT2D eigenvalue weighted by atomic mass is 35.5. The Bertz CT molecular complexity index is 927. The number of anilines is 1. The number of aromatic nitrogens is 2. The number of carbonyl (C=O) groups excluding carboxylic acids is 1. The van der Waals surface area contributed by atoms with Crippen LogP contribution in [0.15, 0.2) is 35.6 Å². The van der Waals surface area contributed by atoms with Crippen LogP contribution in [-0.4, -0.2) is 40.0 Å². The Balaban J connectivity index is 1.71. The fourth-order valence-corrected chi connectivity index (χ4v) is 3.42. The third-order valence-corrected chi connectivity index (χ3v) is 5.05. The van der Waals surface area contributed by atoms with Crippen molar-refractivity contribution in [3.63, 3.8) is 0 Å². The largest absolute Gasteiger partial charge is 0.352 e. The molecule has 0 fully saturated rings. The molecule has 2 amide bonds. The first-order valence-electron chi connectivity index (χ1n) is 9.89. The van der Waals surface area contributed by atoms with E-state index in [1.165, 1.54) is 0 Å². The summed E-state index contributed by atoms with van der Waals surface area (Å²) in [6.07, 6.45) is 3.03. The molecule has 1 aliphatic heterocycles. The summed E-state index contributed by atoms with van der Waals surface area (Å²) >= 11 is 5.98. The Morgan fingerprint density at radius 3 is 2.83 bits per heavy atom. The van der Waals surface area contributed by atoms with Crippen LogP contribution in [0.3, 0.4) is 0 Å². The fourth-order valence-electron chi connectivity index (χ4n) is 3.29. The van der Waals surface area contributed by atoms with Crippen molar-refractivity contribution < 1.29 is 4.79 Å². The van der Waals surface area contributed by atoms with E-state index in [2.05, 4.69) is 30.6 Å². The number of rotatable bonds is 7. The lowest BCUT2D eigenvalue weighted by atomic mass is 10.0. The van der Waals surface area contributed by atoms with Crippen molar-refractivity contribution in [2.75, 3.05) is 18.4 Å². The molecule has 0 saturated carbocycles. The number of nitrogens with one attached hydrogen (secondary N) is 2. The van der Waals surface area contributed by atoms with Crippen LogP contribution in [0.25, 0.3) is 10.4 Å². The molecule has 2 aromatic rings. The number of nitrogens with zero attached hydrogens (tertiary/aromatic N) is 6. The molecule has 9 nitrogen and oxygen atoms in total. The first-order chi connectivity index (χ1) is 14.5. The van der Waals surface area contributed by atoms with Crippen molar-refractivity contribution in [2.24, 2.45) is 5.11 Å². The topological polar surface area (TPSA) is 119 Å². The quantitative estimate of drug-likeness (QED) is 0.384. The van der Waals surface area contributed by atoms with Gasteiger partial charge in [-0.15, -0.1) is 0 Å². The number of benzene rings is 1. The molecule has 3 rings (SSSR count). The van der Waals surface area contributed by atoms with Gasteiger partial charge >= 0.3 is 6.03 Å². The summed E-state index contributed by atoms with van der Waals surface area (Å²) in [4.78, 5) is 26.4. The van der Waals surface area contributed by atoms with E-state index in [9.17, 15) is 4.79 Å². The zero-order chi connectivity index (χ0) is 21.5. The van der Waals surface area contributed by atoms with E-state index in [1.807, 2.05) is 32.2 Å². The smallest absolute Gasteiger partial charge is 0.318 e. The molecule has 0 radical (unpaired) electrons. The minimum Gasteiger partial charge on any atom is -0.352 e. The number of hydrogen-bond donors (Lipinski definition) is 2. The highest BCUT2D eigenvalue weighted by Gasteiger charge is 2.25. The Hall–Kier alpha value is -3.03. The van der Waals surface area contributed by atoms with Crippen LogP contribution in [-0.2, 0) is 13.0 Å². The van der Waals surface area contributed by atoms with Gasteiger partial charge in [0.2, 0.25) is 5.95 Å². The molecule has 0 spiro atoms. The first-order valence-corrected chi connectivity index (χ1v) is 10.3. The molecule has 2 heterocycles. The Labute approximate surface area is 180 Å². The zero-order valence-corrected chi connectivity index (χ0v) is 17.8. The van der Waals surface area contributed by atoms with Crippen LogP contribution < -0.4 is 10.6 Å². The maximum absolute atomic E-state index is 13.0. The van der Waals surface area contributed by atoms with Crippen LogP contribution in [0.5, 0.6) is 0 Å². The van der Waals surface area contributed by atoms with E-state index >= 15 is 0 Å². The SMILES string of the molecule is CC(C)Nc1ncc2c(n1)CN(C(=O)N[C@H](CCN=[N+]=[N-])c1ccc(Cl)cc1)CC2. The van der Waals surface area contributed by atoms with Crippen LogP contribution in [0, 0.1) is 0 Å². The number of azide groups is 1. The molecule has 10 heteroatoms. The third kappa shape index (κ3) is 5.75. The number of urea groups is 1. The van der Waals surface area contributed by atoms with Gasteiger partial charge in [-0.2, -0.15) is 0 Å². The Morgan fingerprint density at radius 2 is 2.13 bits per heavy atom. The van der Waals surface area contributed by atoms with E-state index < -0.39 is 0 Å². The lowest BCUT2D eigenvalue weighted by Gasteiger charge is -2.30. The molecule has 0 bridgehead atoms. The first kappa shape index (κ1) is 21.7. The molecular formula is C20H25ClN8O. The summed E-state index contributed by atoms with van der Waals surface area (Å²) in [5.74, 6) is 0.569. The van der Waals surface area contributed by atoms with E-state index in [-0.39, 0.29) is 24.7 Å². The molecule has 1 atom stereocenters. The number of amides is 2. The third-order valence-electron chi connectivity index (χ3n) is 4.80. The molecule has 30 heavy (non-hydrogen) atoms. The standard InChI is InChI=1S/C20H25ClN8O/c1-13(2)25-19-23-11-15-8-10-29(12-18(15)26-19)20(30)27-17(7-9-24-28-22)14-3-5-16(21)6-4-14/h3-6,11,13,17H,7-10,12H2,1-2H3,(H,27,30)(H,23,25,26)/t17-/m1/s1. The summed E-state index contributed by atoms with van der Waals surface area (Å²) in [7, 11) is 0. The van der Waals surface area contributed by atoms with E-state index in [1.54, 1.807) is 17.0 Å². The van der Waals surface area contributed by atoms with Gasteiger partial charge in [0, 0.05) is 35.3 Å². The van der Waals surface area contributed by atoms with E-state index in [0.29, 0.717) is 36.9 Å². The highest BCUT2D eigenvalue weighted by molar-refractivity contribution is 6.30. The van der Waals surface area contributed by atoms with Gasteiger partial charge in [0.15, 0.2) is 0 Å². The van der Waals surface area contributed by atoms with Crippen LogP contribution in [0.2, 0.25) is 5.02 Å². The second kappa shape index (κ2) is 10.1. The van der Waals surface area contributed by atoms with Crippen molar-refractivity contribution in [1.82, 2.24) is 20.2 Å². The Kier molecular flexibility index (Phi) is 7.32. The normalized spacial score (nSPS) is 13.9. The maximum atomic E-state index is 13.0. The lowest BCUT2D eigenvalue weighted by molar-refractivity contribution is 0.186. The monoisotopic (exact) mass is 428 g/mol. The van der Waals surface area contributed by atoms with Gasteiger partial charge in [-0.25, -0.2) is 14.8 Å². The predicted octanol–water partition coefficient (Wildman–Crippen LogP) is 4.46. The molecule has 0 unspecified atom stereocenters. The summed E-state index contributed by atoms with van der Waals surface area (Å²) in [6, 6.07) is 7.05. The van der Waals surface area contributed by atoms with Crippen LogP contribution >= 0.6 is 11.6 Å². The number of fused-ring (bicyclic) bond motifs is 1. The van der Waals surface area contributed by atoms with Crippen molar-refractivity contribution in [2.45, 2.75) is 45.3 Å². The van der Waals surface area contributed by atoms with E-state index in [0.717, 1.165) is 16.8 Å². The molecule has 0 saturated heterocycles. The molecular weight excluding hydrogens is 404 g/mol. The van der Waals surface area contributed by atoms with Gasteiger partial charge < -0.3 is 15.5 Å². The molecule has 1 aromatic heterocycles.